The van der Waals surface area contributed by atoms with E-state index in [2.05, 4.69) is 5.32 Å². The van der Waals surface area contributed by atoms with Gasteiger partial charge in [0.25, 0.3) is 12.1 Å². The lowest BCUT2D eigenvalue weighted by atomic mass is 9.88. The summed E-state index contributed by atoms with van der Waals surface area (Å²) in [4.78, 5) is 84.2. The normalized spacial score (nSPS) is 22.0. The fourth-order valence-electron chi connectivity index (χ4n) is 4.59. The Bertz CT molecular complexity index is 1360. The summed E-state index contributed by atoms with van der Waals surface area (Å²) in [5.74, 6) is -9.67. The van der Waals surface area contributed by atoms with Gasteiger partial charge in [-0.3, -0.25) is 34.1 Å². The van der Waals surface area contributed by atoms with Crippen LogP contribution in [0.2, 0.25) is 0 Å². The van der Waals surface area contributed by atoms with Gasteiger partial charge in [0.1, 0.15) is 24.6 Å². The lowest BCUT2D eigenvalue weighted by molar-refractivity contribution is -0.385. The van der Waals surface area contributed by atoms with Gasteiger partial charge in [-0.1, -0.05) is 0 Å². The SMILES string of the molecule is COC(=O)C1(Oc2ccc([N+](=O)[O-])cc2C(F)F)CC(OC(C)=O)C(NC(C)=O)C(C(OC(C)=O)C(COC(C)=O)OC(C)=O)O1. The van der Waals surface area contributed by atoms with Crippen LogP contribution in [0, 0.1) is 10.1 Å². The molecule has 2 rings (SSSR count). The number of nitro groups is 1. The lowest BCUT2D eigenvalue weighted by Gasteiger charge is -2.48. The number of esters is 5. The summed E-state index contributed by atoms with van der Waals surface area (Å²) in [5.41, 5.74) is -1.79. The number of carbonyl (C=O) groups is 6. The number of halogens is 2. The highest BCUT2D eigenvalue weighted by Gasteiger charge is 2.60. The molecule has 1 saturated heterocycles. The predicted octanol–water partition coefficient (Wildman–Crippen LogP) is 1.43. The summed E-state index contributed by atoms with van der Waals surface area (Å²) in [6.07, 6.45) is -11.3. The lowest BCUT2D eigenvalue weighted by Crippen LogP contribution is -2.70. The van der Waals surface area contributed by atoms with Crippen molar-refractivity contribution in [1.82, 2.24) is 5.32 Å². The van der Waals surface area contributed by atoms with Crippen molar-refractivity contribution in [3.8, 4) is 5.75 Å². The molecule has 0 spiro atoms. The minimum atomic E-state index is -3.38. The van der Waals surface area contributed by atoms with E-state index in [1.165, 1.54) is 0 Å². The molecule has 19 heteroatoms. The molecule has 0 radical (unpaired) electrons. The van der Waals surface area contributed by atoms with Crippen LogP contribution in [-0.4, -0.2) is 90.6 Å². The molecule has 0 bridgehead atoms. The van der Waals surface area contributed by atoms with Crippen LogP contribution in [0.25, 0.3) is 0 Å². The van der Waals surface area contributed by atoms with E-state index in [9.17, 15) is 47.7 Å². The molecule has 1 aliphatic rings. The summed E-state index contributed by atoms with van der Waals surface area (Å²) < 4.78 is 65.7. The van der Waals surface area contributed by atoms with Gasteiger partial charge in [0, 0.05) is 46.8 Å². The van der Waals surface area contributed by atoms with E-state index in [4.69, 9.17) is 33.2 Å². The third-order valence-electron chi connectivity index (χ3n) is 6.21. The Labute approximate surface area is 259 Å². The summed E-state index contributed by atoms with van der Waals surface area (Å²) in [6.45, 7) is 4.16. The number of nitrogens with zero attached hydrogens (tertiary/aromatic N) is 1. The van der Waals surface area contributed by atoms with Crippen molar-refractivity contribution in [3.63, 3.8) is 0 Å². The van der Waals surface area contributed by atoms with Crippen molar-refractivity contribution < 1.29 is 75.6 Å². The Hall–Kier alpha value is -4.94. The molecule has 1 heterocycles. The molecule has 6 unspecified atom stereocenters. The second-order valence-corrected chi connectivity index (χ2v) is 9.81. The van der Waals surface area contributed by atoms with Crippen LogP contribution in [0.3, 0.4) is 0 Å². The monoisotopic (exact) mass is 662 g/mol. The molecule has 0 aromatic heterocycles. The van der Waals surface area contributed by atoms with Crippen molar-refractivity contribution in [3.05, 3.63) is 33.9 Å². The Morgan fingerprint density at radius 3 is 2.13 bits per heavy atom. The van der Waals surface area contributed by atoms with Gasteiger partial charge >= 0.3 is 35.6 Å². The summed E-state index contributed by atoms with van der Waals surface area (Å²) in [7, 11) is 0.863. The van der Waals surface area contributed by atoms with Gasteiger partial charge in [-0.05, 0) is 6.07 Å². The Balaban J connectivity index is 2.89. The molecule has 1 amide bonds. The maximum atomic E-state index is 14.1. The molecular formula is C27H32F2N2O15. The number of nitrogens with one attached hydrogen (secondary N) is 1. The zero-order valence-electron chi connectivity index (χ0n) is 25.4. The topological polar surface area (TPSA) is 222 Å². The highest BCUT2D eigenvalue weighted by Crippen LogP contribution is 2.41. The number of ether oxygens (including phenoxy) is 7. The van der Waals surface area contributed by atoms with Gasteiger partial charge in [-0.15, -0.1) is 0 Å². The predicted molar refractivity (Wildman–Crippen MR) is 144 cm³/mol. The fourth-order valence-corrected chi connectivity index (χ4v) is 4.59. The number of methoxy groups -OCH3 is 1. The minimum absolute atomic E-state index is 0.493. The first-order valence-corrected chi connectivity index (χ1v) is 13.3. The molecule has 0 saturated carbocycles. The maximum absolute atomic E-state index is 14.1. The quantitative estimate of drug-likeness (QED) is 0.137. The Morgan fingerprint density at radius 1 is 1.02 bits per heavy atom. The van der Waals surface area contributed by atoms with Gasteiger partial charge < -0.3 is 38.5 Å². The summed E-state index contributed by atoms with van der Waals surface area (Å²) in [5, 5.41) is 13.7. The highest BCUT2D eigenvalue weighted by atomic mass is 19.3. The molecule has 254 valence electrons. The van der Waals surface area contributed by atoms with Crippen molar-refractivity contribution in [2.75, 3.05) is 13.7 Å². The fraction of sp³-hybridized carbons (Fsp3) is 0.556. The molecular weight excluding hydrogens is 630 g/mol. The third-order valence-corrected chi connectivity index (χ3v) is 6.21. The Morgan fingerprint density at radius 2 is 1.65 bits per heavy atom. The number of benzene rings is 1. The van der Waals surface area contributed by atoms with E-state index >= 15 is 0 Å². The maximum Gasteiger partial charge on any atom is 0.379 e. The van der Waals surface area contributed by atoms with Gasteiger partial charge in [-0.2, -0.15) is 0 Å². The van der Waals surface area contributed by atoms with Gasteiger partial charge in [-0.25, -0.2) is 13.6 Å². The molecule has 46 heavy (non-hydrogen) atoms. The van der Waals surface area contributed by atoms with Crippen molar-refractivity contribution in [2.45, 2.75) is 83.7 Å². The average Bonchev–Trinajstić information content (AvgIpc) is 2.94. The molecule has 1 aromatic carbocycles. The molecule has 1 aliphatic heterocycles. The number of amides is 1. The largest absolute Gasteiger partial charge is 0.464 e. The smallest absolute Gasteiger partial charge is 0.379 e. The van der Waals surface area contributed by atoms with Crippen LogP contribution in [0.5, 0.6) is 5.75 Å². The summed E-state index contributed by atoms with van der Waals surface area (Å²) >= 11 is 0. The van der Waals surface area contributed by atoms with Crippen LogP contribution in [-0.2, 0) is 57.2 Å². The molecule has 1 aromatic rings. The zero-order valence-corrected chi connectivity index (χ0v) is 25.4. The van der Waals surface area contributed by atoms with Gasteiger partial charge in [0.05, 0.1) is 30.1 Å². The van der Waals surface area contributed by atoms with Gasteiger partial charge in [0.15, 0.2) is 12.2 Å². The van der Waals surface area contributed by atoms with E-state index in [0.29, 0.717) is 6.07 Å². The van der Waals surface area contributed by atoms with E-state index in [-0.39, 0.29) is 0 Å². The molecule has 17 nitrogen and oxygen atoms in total. The number of nitro benzene ring substituents is 1. The second-order valence-electron chi connectivity index (χ2n) is 9.81. The molecule has 1 N–H and O–H groups in total. The van der Waals surface area contributed by atoms with E-state index in [1.54, 1.807) is 0 Å². The average molecular weight is 663 g/mol. The molecule has 6 atom stereocenters. The van der Waals surface area contributed by atoms with Crippen molar-refractivity contribution in [1.29, 1.82) is 0 Å². The van der Waals surface area contributed by atoms with E-state index in [0.717, 1.165) is 53.9 Å². The first-order valence-electron chi connectivity index (χ1n) is 13.3. The van der Waals surface area contributed by atoms with E-state index in [1.807, 2.05) is 0 Å². The number of alkyl halides is 2. The Kier molecular flexibility index (Phi) is 12.8. The zero-order chi connectivity index (χ0) is 34.9. The highest BCUT2D eigenvalue weighted by molar-refractivity contribution is 5.79. The minimum Gasteiger partial charge on any atom is -0.464 e. The molecule has 0 aliphatic carbocycles. The van der Waals surface area contributed by atoms with E-state index < -0.39 is 113 Å². The summed E-state index contributed by atoms with van der Waals surface area (Å²) in [6, 6.07) is 0.518. The van der Waals surface area contributed by atoms with Crippen LogP contribution in [0.15, 0.2) is 18.2 Å². The third kappa shape index (κ3) is 9.78. The number of non-ortho nitro benzene ring substituents is 1. The first-order chi connectivity index (χ1) is 21.4. The number of rotatable bonds is 13. The second kappa shape index (κ2) is 15.9. The standard InChI is InChI=1S/C27H32F2N2O15/c1-12(32)30-22-20(42-14(3)34)10-27(26(37)40-6,45-19-8-7-17(31(38)39)9-18(19)25(28)29)46-24(22)23(44-16(5)36)21(43-15(4)35)11-41-13(2)33/h7-9,20-25H,10-11H2,1-6H3,(H,30,32). The van der Waals surface area contributed by atoms with Gasteiger partial charge in [0.2, 0.25) is 5.91 Å². The van der Waals surface area contributed by atoms with Crippen molar-refractivity contribution in [2.24, 2.45) is 0 Å². The van der Waals surface area contributed by atoms with Crippen LogP contribution in [0.4, 0.5) is 14.5 Å². The van der Waals surface area contributed by atoms with Crippen molar-refractivity contribution >= 4 is 41.4 Å². The molecule has 1 fully saturated rings. The van der Waals surface area contributed by atoms with Crippen LogP contribution >= 0.6 is 0 Å². The van der Waals surface area contributed by atoms with Crippen LogP contribution in [0.1, 0.15) is 53.0 Å². The number of hydrogen-bond donors (Lipinski definition) is 1. The van der Waals surface area contributed by atoms with Crippen LogP contribution < -0.4 is 10.1 Å². The number of carbonyl (C=O) groups excluding carboxylic acids is 6. The first kappa shape index (κ1) is 37.2. The number of hydrogen-bond acceptors (Lipinski definition) is 15.